The number of nitrogens with one attached hydrogen (secondary N) is 1. The van der Waals surface area contributed by atoms with Crippen molar-refractivity contribution < 1.29 is 32.2 Å². The zero-order chi connectivity index (χ0) is 27.7. The molecule has 2 fully saturated rings. The number of carbonyl (C=O) groups excluding carboxylic acids is 2. The van der Waals surface area contributed by atoms with Gasteiger partial charge in [-0.2, -0.15) is 9.78 Å². The average molecular weight is 546 g/mol. The van der Waals surface area contributed by atoms with E-state index in [1.54, 1.807) is 11.0 Å². The van der Waals surface area contributed by atoms with Crippen LogP contribution in [0.5, 0.6) is 5.75 Å². The maximum Gasteiger partial charge on any atom is 0.573 e. The summed E-state index contributed by atoms with van der Waals surface area (Å²) in [6.45, 7) is 4.63. The van der Waals surface area contributed by atoms with Crippen molar-refractivity contribution in [2.45, 2.75) is 57.7 Å². The predicted octanol–water partition coefficient (Wildman–Crippen LogP) is 3.01. The Kier molecular flexibility index (Phi) is 7.21. The summed E-state index contributed by atoms with van der Waals surface area (Å²) in [5.74, 6) is -0.730. The minimum absolute atomic E-state index is 0.0376. The largest absolute Gasteiger partial charge is 0.573 e. The van der Waals surface area contributed by atoms with Crippen molar-refractivity contribution in [2.24, 2.45) is 0 Å². The molecule has 206 valence electrons. The molecule has 1 aliphatic heterocycles. The van der Waals surface area contributed by atoms with Crippen molar-refractivity contribution in [3.63, 3.8) is 0 Å². The molecule has 0 radical (unpaired) electrons. The molecule has 2 atom stereocenters. The van der Waals surface area contributed by atoms with Gasteiger partial charge in [0.25, 0.3) is 17.8 Å². The number of nitrogens with zero attached hydrogens (tertiary/aromatic N) is 6. The number of aromatic nitrogens is 5. The van der Waals surface area contributed by atoms with Gasteiger partial charge in [-0.05, 0) is 56.4 Å². The van der Waals surface area contributed by atoms with Crippen LogP contribution in [0.4, 0.5) is 13.2 Å². The number of halogens is 3. The van der Waals surface area contributed by atoms with Crippen molar-refractivity contribution in [1.82, 2.24) is 34.9 Å². The van der Waals surface area contributed by atoms with E-state index >= 15 is 0 Å². The zero-order valence-electron chi connectivity index (χ0n) is 21.2. The van der Waals surface area contributed by atoms with Gasteiger partial charge in [0.15, 0.2) is 5.82 Å². The second-order valence-corrected chi connectivity index (χ2v) is 9.62. The first-order valence-corrected chi connectivity index (χ1v) is 12.4. The highest BCUT2D eigenvalue weighted by molar-refractivity contribution is 5.95. The maximum absolute atomic E-state index is 12.9. The fourth-order valence-corrected chi connectivity index (χ4v) is 4.48. The van der Waals surface area contributed by atoms with Crippen molar-refractivity contribution in [1.29, 1.82) is 0 Å². The first-order valence-electron chi connectivity index (χ1n) is 12.4. The van der Waals surface area contributed by atoms with Crippen LogP contribution in [0.3, 0.4) is 0 Å². The Morgan fingerprint density at radius 3 is 2.38 bits per heavy atom. The Bertz CT molecular complexity index is 1350. The van der Waals surface area contributed by atoms with E-state index in [1.807, 2.05) is 13.8 Å². The fourth-order valence-electron chi connectivity index (χ4n) is 4.48. The van der Waals surface area contributed by atoms with E-state index in [1.165, 1.54) is 29.5 Å². The maximum atomic E-state index is 12.9. The molecular formula is C25H26F3N7O4. The van der Waals surface area contributed by atoms with Crippen LogP contribution in [-0.2, 0) is 11.3 Å². The average Bonchev–Trinajstić information content (AvgIpc) is 3.63. The van der Waals surface area contributed by atoms with E-state index in [9.17, 15) is 22.8 Å². The van der Waals surface area contributed by atoms with Gasteiger partial charge in [-0.1, -0.05) is 0 Å². The van der Waals surface area contributed by atoms with Gasteiger partial charge in [0, 0.05) is 31.0 Å². The van der Waals surface area contributed by atoms with Crippen LogP contribution in [0, 0.1) is 0 Å². The summed E-state index contributed by atoms with van der Waals surface area (Å²) in [7, 11) is 0. The molecule has 0 bridgehead atoms. The van der Waals surface area contributed by atoms with Crippen LogP contribution in [0.15, 0.2) is 36.9 Å². The molecule has 2 amide bonds. The number of benzene rings is 1. The quantitative estimate of drug-likeness (QED) is 0.481. The van der Waals surface area contributed by atoms with Gasteiger partial charge in [-0.25, -0.2) is 15.0 Å². The second kappa shape index (κ2) is 10.6. The van der Waals surface area contributed by atoms with E-state index in [0.29, 0.717) is 24.2 Å². The Morgan fingerprint density at radius 2 is 1.74 bits per heavy atom. The molecule has 1 aromatic carbocycles. The van der Waals surface area contributed by atoms with E-state index < -0.39 is 18.0 Å². The van der Waals surface area contributed by atoms with Crippen molar-refractivity contribution in [2.75, 3.05) is 13.1 Å². The third-order valence-electron chi connectivity index (χ3n) is 6.28. The van der Waals surface area contributed by atoms with Crippen molar-refractivity contribution in [3.05, 3.63) is 59.4 Å². The fraction of sp³-hybridized carbons (Fsp3) is 0.440. The lowest BCUT2D eigenvalue weighted by molar-refractivity contribution is -0.274. The van der Waals surface area contributed by atoms with E-state index in [0.717, 1.165) is 18.9 Å². The Labute approximate surface area is 221 Å². The molecule has 11 nitrogen and oxygen atoms in total. The van der Waals surface area contributed by atoms with E-state index in [2.05, 4.69) is 30.1 Å². The molecule has 14 heteroatoms. The first-order chi connectivity index (χ1) is 18.6. The number of rotatable bonds is 7. The first kappa shape index (κ1) is 26.5. The van der Waals surface area contributed by atoms with Crippen LogP contribution in [0.25, 0.3) is 5.95 Å². The van der Waals surface area contributed by atoms with Crippen molar-refractivity contribution in [3.8, 4) is 11.7 Å². The van der Waals surface area contributed by atoms with Gasteiger partial charge in [0.2, 0.25) is 0 Å². The monoisotopic (exact) mass is 545 g/mol. The Hall–Kier alpha value is -4.07. The summed E-state index contributed by atoms with van der Waals surface area (Å²) in [6, 6.07) is 3.93. The summed E-state index contributed by atoms with van der Waals surface area (Å²) in [6.07, 6.45) is 0.700. The van der Waals surface area contributed by atoms with Gasteiger partial charge in [0.1, 0.15) is 12.1 Å². The van der Waals surface area contributed by atoms with Crippen LogP contribution >= 0.6 is 0 Å². The summed E-state index contributed by atoms with van der Waals surface area (Å²) in [4.78, 5) is 40.0. The SMILES string of the molecule is C[C@@H]1CN(C(=O)c2cnc(-n3ncnc3CNC(=O)c3cc(OC(F)(F)F)cc(C4CC4)c3)nc2)C[C@H](C)O1. The minimum Gasteiger partial charge on any atom is -0.406 e. The summed E-state index contributed by atoms with van der Waals surface area (Å²) in [5, 5.41) is 6.74. The molecule has 3 heterocycles. The van der Waals surface area contributed by atoms with Gasteiger partial charge in [-0.3, -0.25) is 9.59 Å². The molecule has 3 aromatic rings. The molecule has 1 N–H and O–H groups in total. The van der Waals surface area contributed by atoms with Crippen LogP contribution in [-0.4, -0.2) is 73.1 Å². The molecule has 1 saturated carbocycles. The number of hydrogen-bond donors (Lipinski definition) is 1. The Morgan fingerprint density at radius 1 is 1.05 bits per heavy atom. The molecule has 2 aliphatic rings. The molecule has 5 rings (SSSR count). The molecule has 1 saturated heterocycles. The molecule has 39 heavy (non-hydrogen) atoms. The van der Waals surface area contributed by atoms with E-state index in [4.69, 9.17) is 4.74 Å². The highest BCUT2D eigenvalue weighted by Gasteiger charge is 2.33. The summed E-state index contributed by atoms with van der Waals surface area (Å²) < 4.78 is 49.4. The standard InChI is InChI=1S/C25H26F3N7O4/c1-14-11-34(12-15(2)38-14)23(37)19-8-30-24(31-9-19)35-21(32-13-33-35)10-29-22(36)18-5-17(16-3-4-16)6-20(7-18)39-25(26,27)28/h5-9,13-16H,3-4,10-12H2,1-2H3,(H,29,36)/t14-,15+. The number of alkyl halides is 3. The van der Waals surface area contributed by atoms with Gasteiger partial charge in [0.05, 0.1) is 24.3 Å². The topological polar surface area (TPSA) is 124 Å². The normalized spacial score (nSPS) is 19.6. The Balaban J connectivity index is 1.26. The van der Waals surface area contributed by atoms with Crippen LogP contribution in [0.1, 0.15) is 64.7 Å². The highest BCUT2D eigenvalue weighted by atomic mass is 19.4. The van der Waals surface area contributed by atoms with Crippen molar-refractivity contribution >= 4 is 11.8 Å². The number of hydrogen-bond acceptors (Lipinski definition) is 8. The van der Waals surface area contributed by atoms with Gasteiger partial charge in [-0.15, -0.1) is 13.2 Å². The molecular weight excluding hydrogens is 519 g/mol. The molecule has 0 unspecified atom stereocenters. The molecule has 0 spiro atoms. The predicted molar refractivity (Wildman–Crippen MR) is 129 cm³/mol. The minimum atomic E-state index is -4.87. The molecule has 1 aliphatic carbocycles. The van der Waals surface area contributed by atoms with E-state index in [-0.39, 0.29) is 47.9 Å². The third-order valence-corrected chi connectivity index (χ3v) is 6.28. The number of morpholine rings is 1. The lowest BCUT2D eigenvalue weighted by Gasteiger charge is -2.35. The summed E-state index contributed by atoms with van der Waals surface area (Å²) in [5.41, 5.74) is 0.965. The van der Waals surface area contributed by atoms with Crippen LogP contribution < -0.4 is 10.1 Å². The number of amides is 2. The lowest BCUT2D eigenvalue weighted by Crippen LogP contribution is -2.48. The highest BCUT2D eigenvalue weighted by Crippen LogP contribution is 2.42. The smallest absolute Gasteiger partial charge is 0.406 e. The number of ether oxygens (including phenoxy) is 2. The molecule has 2 aromatic heterocycles. The third kappa shape index (κ3) is 6.50. The van der Waals surface area contributed by atoms with Crippen LogP contribution in [0.2, 0.25) is 0 Å². The number of carbonyl (C=O) groups is 2. The zero-order valence-corrected chi connectivity index (χ0v) is 21.2. The lowest BCUT2D eigenvalue weighted by atomic mass is 10.1. The van der Waals surface area contributed by atoms with Gasteiger partial charge >= 0.3 is 6.36 Å². The summed E-state index contributed by atoms with van der Waals surface area (Å²) >= 11 is 0. The second-order valence-electron chi connectivity index (χ2n) is 9.62. The van der Waals surface area contributed by atoms with Gasteiger partial charge < -0.3 is 19.7 Å².